The van der Waals surface area contributed by atoms with Gasteiger partial charge in [0.25, 0.3) is 0 Å². The van der Waals surface area contributed by atoms with Gasteiger partial charge >= 0.3 is 0 Å². The van der Waals surface area contributed by atoms with E-state index in [0.29, 0.717) is 0 Å². The van der Waals surface area contributed by atoms with Crippen LogP contribution in [-0.2, 0) is 4.74 Å². The molecule has 2 nitrogen and oxygen atoms in total. The molecule has 0 saturated heterocycles. The maximum absolute atomic E-state index is 6.18. The summed E-state index contributed by atoms with van der Waals surface area (Å²) in [6.07, 6.45) is 3.77. The minimum atomic E-state index is -0.0950. The molecule has 0 amide bonds. The predicted octanol–water partition coefficient (Wildman–Crippen LogP) is 3.55. The first-order chi connectivity index (χ1) is 8.18. The van der Waals surface area contributed by atoms with Crippen LogP contribution in [0.2, 0.25) is 5.02 Å². The van der Waals surface area contributed by atoms with Crippen molar-refractivity contribution in [1.29, 1.82) is 0 Å². The molecule has 1 aliphatic rings. The van der Waals surface area contributed by atoms with E-state index in [4.69, 9.17) is 22.1 Å². The molecule has 0 bridgehead atoms. The number of benzene rings is 1. The first-order valence-electron chi connectivity index (χ1n) is 6.30. The molecular formula is C14H20ClNO. The Morgan fingerprint density at radius 1 is 1.41 bits per heavy atom. The first kappa shape index (κ1) is 12.9. The Labute approximate surface area is 108 Å². The number of hydrogen-bond donors (Lipinski definition) is 1. The third kappa shape index (κ3) is 3.70. The van der Waals surface area contributed by atoms with E-state index in [1.807, 2.05) is 31.2 Å². The minimum Gasteiger partial charge on any atom is -0.372 e. The van der Waals surface area contributed by atoms with Crippen molar-refractivity contribution in [3.63, 3.8) is 0 Å². The van der Waals surface area contributed by atoms with Crippen LogP contribution in [0.4, 0.5) is 0 Å². The van der Waals surface area contributed by atoms with E-state index in [2.05, 4.69) is 0 Å². The summed E-state index contributed by atoms with van der Waals surface area (Å²) in [6.45, 7) is 2.74. The lowest BCUT2D eigenvalue weighted by molar-refractivity contribution is 0.0347. The minimum absolute atomic E-state index is 0.0471. The number of nitrogens with two attached hydrogens (primary N) is 1. The fourth-order valence-corrected chi connectivity index (χ4v) is 2.24. The molecule has 94 valence electrons. The van der Waals surface area contributed by atoms with E-state index >= 15 is 0 Å². The summed E-state index contributed by atoms with van der Waals surface area (Å²) in [5.74, 6) is 0.884. The summed E-state index contributed by atoms with van der Waals surface area (Å²) in [4.78, 5) is 0. The zero-order valence-electron chi connectivity index (χ0n) is 10.2. The zero-order chi connectivity index (χ0) is 12.3. The van der Waals surface area contributed by atoms with E-state index in [1.54, 1.807) is 0 Å². The van der Waals surface area contributed by atoms with Gasteiger partial charge in [-0.05, 0) is 25.3 Å². The van der Waals surface area contributed by atoms with Crippen molar-refractivity contribution in [3.8, 4) is 0 Å². The molecule has 2 atom stereocenters. The zero-order valence-corrected chi connectivity index (χ0v) is 11.0. The molecule has 1 aliphatic carbocycles. The molecule has 0 aliphatic heterocycles. The van der Waals surface area contributed by atoms with Crippen LogP contribution in [0.15, 0.2) is 24.3 Å². The molecule has 1 saturated carbocycles. The fourth-order valence-electron chi connectivity index (χ4n) is 2.00. The Kier molecular flexibility index (Phi) is 4.43. The Morgan fingerprint density at radius 3 is 2.71 bits per heavy atom. The fraction of sp³-hybridized carbons (Fsp3) is 0.571. The van der Waals surface area contributed by atoms with Gasteiger partial charge in [-0.25, -0.2) is 0 Å². The lowest BCUT2D eigenvalue weighted by Crippen LogP contribution is -2.27. The van der Waals surface area contributed by atoms with E-state index in [1.165, 1.54) is 12.8 Å². The van der Waals surface area contributed by atoms with Crippen LogP contribution in [0.25, 0.3) is 0 Å². The highest BCUT2D eigenvalue weighted by Gasteiger charge is 2.23. The standard InChI is InChI=1S/C14H20ClNO/c1-10(16)14(17-9-8-11-6-7-11)12-4-2-3-5-13(12)15/h2-5,10-11,14H,6-9,16H2,1H3. The molecule has 1 fully saturated rings. The van der Waals surface area contributed by atoms with Gasteiger partial charge in [0.1, 0.15) is 0 Å². The van der Waals surface area contributed by atoms with Gasteiger partial charge in [-0.2, -0.15) is 0 Å². The lowest BCUT2D eigenvalue weighted by Gasteiger charge is -2.23. The Morgan fingerprint density at radius 2 is 2.12 bits per heavy atom. The second-order valence-corrected chi connectivity index (χ2v) is 5.31. The van der Waals surface area contributed by atoms with Crippen molar-refractivity contribution in [2.45, 2.75) is 38.3 Å². The molecule has 2 rings (SSSR count). The summed E-state index contributed by atoms with van der Waals surface area (Å²) >= 11 is 6.18. The van der Waals surface area contributed by atoms with Crippen LogP contribution in [-0.4, -0.2) is 12.6 Å². The molecule has 1 aromatic rings. The quantitative estimate of drug-likeness (QED) is 0.842. The van der Waals surface area contributed by atoms with Crippen LogP contribution in [0, 0.1) is 5.92 Å². The summed E-state index contributed by atoms with van der Waals surface area (Å²) in [7, 11) is 0. The largest absolute Gasteiger partial charge is 0.372 e. The summed E-state index contributed by atoms with van der Waals surface area (Å²) in [5, 5.41) is 0.737. The van der Waals surface area contributed by atoms with Crippen molar-refractivity contribution in [3.05, 3.63) is 34.9 Å². The highest BCUT2D eigenvalue weighted by molar-refractivity contribution is 6.31. The maximum atomic E-state index is 6.18. The van der Waals surface area contributed by atoms with Gasteiger partial charge < -0.3 is 10.5 Å². The van der Waals surface area contributed by atoms with Crippen LogP contribution >= 0.6 is 11.6 Å². The predicted molar refractivity (Wildman–Crippen MR) is 71.1 cm³/mol. The molecule has 0 heterocycles. The van der Waals surface area contributed by atoms with Crippen molar-refractivity contribution in [1.82, 2.24) is 0 Å². The van der Waals surface area contributed by atoms with Gasteiger partial charge in [-0.3, -0.25) is 0 Å². The normalized spacial score (nSPS) is 19.0. The Hall–Kier alpha value is -0.570. The molecule has 0 aromatic heterocycles. The van der Waals surface area contributed by atoms with Crippen molar-refractivity contribution in [2.75, 3.05) is 6.61 Å². The third-order valence-corrected chi connectivity index (χ3v) is 3.55. The van der Waals surface area contributed by atoms with Crippen molar-refractivity contribution < 1.29 is 4.74 Å². The number of rotatable bonds is 6. The number of hydrogen-bond acceptors (Lipinski definition) is 2. The smallest absolute Gasteiger partial charge is 0.0987 e. The highest BCUT2D eigenvalue weighted by Crippen LogP contribution is 2.33. The van der Waals surface area contributed by atoms with E-state index in [-0.39, 0.29) is 12.1 Å². The second kappa shape index (κ2) is 5.85. The second-order valence-electron chi connectivity index (χ2n) is 4.90. The van der Waals surface area contributed by atoms with Gasteiger partial charge in [-0.1, -0.05) is 42.6 Å². The SMILES string of the molecule is CC(N)C(OCCC1CC1)c1ccccc1Cl. The van der Waals surface area contributed by atoms with Crippen LogP contribution < -0.4 is 5.73 Å². The van der Waals surface area contributed by atoms with E-state index < -0.39 is 0 Å². The molecular weight excluding hydrogens is 234 g/mol. The molecule has 0 spiro atoms. The molecule has 2 N–H and O–H groups in total. The Balaban J connectivity index is 1.97. The van der Waals surface area contributed by atoms with Crippen LogP contribution in [0.3, 0.4) is 0 Å². The van der Waals surface area contributed by atoms with E-state index in [9.17, 15) is 0 Å². The van der Waals surface area contributed by atoms with Gasteiger partial charge in [0, 0.05) is 23.2 Å². The van der Waals surface area contributed by atoms with Crippen molar-refractivity contribution >= 4 is 11.6 Å². The van der Waals surface area contributed by atoms with Gasteiger partial charge in [0.2, 0.25) is 0 Å². The van der Waals surface area contributed by atoms with Gasteiger partial charge in [-0.15, -0.1) is 0 Å². The average molecular weight is 254 g/mol. The summed E-state index contributed by atoms with van der Waals surface area (Å²) < 4.78 is 5.91. The number of ether oxygens (including phenoxy) is 1. The first-order valence-corrected chi connectivity index (χ1v) is 6.68. The average Bonchev–Trinajstić information content (AvgIpc) is 3.09. The number of halogens is 1. The highest BCUT2D eigenvalue weighted by atomic mass is 35.5. The molecule has 17 heavy (non-hydrogen) atoms. The molecule has 3 heteroatoms. The van der Waals surface area contributed by atoms with Crippen molar-refractivity contribution in [2.24, 2.45) is 11.7 Å². The maximum Gasteiger partial charge on any atom is 0.0987 e. The molecule has 1 aromatic carbocycles. The van der Waals surface area contributed by atoms with Gasteiger partial charge in [0.05, 0.1) is 6.10 Å². The topological polar surface area (TPSA) is 35.2 Å². The molecule has 0 radical (unpaired) electrons. The van der Waals surface area contributed by atoms with Crippen LogP contribution in [0.5, 0.6) is 0 Å². The summed E-state index contributed by atoms with van der Waals surface area (Å²) in [5.41, 5.74) is 6.99. The van der Waals surface area contributed by atoms with Gasteiger partial charge in [0.15, 0.2) is 0 Å². The Bertz CT molecular complexity index is 363. The summed E-state index contributed by atoms with van der Waals surface area (Å²) in [6, 6.07) is 7.73. The van der Waals surface area contributed by atoms with E-state index in [0.717, 1.165) is 29.5 Å². The lowest BCUT2D eigenvalue weighted by atomic mass is 10.0. The third-order valence-electron chi connectivity index (χ3n) is 3.21. The monoisotopic (exact) mass is 253 g/mol. The van der Waals surface area contributed by atoms with Crippen LogP contribution in [0.1, 0.15) is 37.9 Å². The molecule has 2 unspecified atom stereocenters.